The van der Waals surface area contributed by atoms with Gasteiger partial charge in [0.1, 0.15) is 5.60 Å². The highest BCUT2D eigenvalue weighted by atomic mass is 16.6. The minimum atomic E-state index is -0.456. The van der Waals surface area contributed by atoms with Crippen LogP contribution in [-0.4, -0.2) is 42.3 Å². The molecule has 1 aromatic rings. The smallest absolute Gasteiger partial charge is 0.407 e. The summed E-state index contributed by atoms with van der Waals surface area (Å²) >= 11 is 0. The fraction of sp³-hybridized carbons (Fsp3) is 0.611. The van der Waals surface area contributed by atoms with E-state index >= 15 is 0 Å². The molecule has 0 aliphatic carbocycles. The summed E-state index contributed by atoms with van der Waals surface area (Å²) in [5.74, 6) is 0.454. The Kier molecular flexibility index (Phi) is 5.46. The fourth-order valence-electron chi connectivity index (χ4n) is 2.99. The van der Waals surface area contributed by atoms with Gasteiger partial charge in [0.25, 0.3) is 0 Å². The molecule has 4 nitrogen and oxygen atoms in total. The topological polar surface area (TPSA) is 41.6 Å². The highest BCUT2D eigenvalue weighted by Gasteiger charge is 2.29. The maximum absolute atomic E-state index is 12.0. The van der Waals surface area contributed by atoms with Crippen molar-refractivity contribution in [1.29, 1.82) is 0 Å². The first-order chi connectivity index (χ1) is 10.4. The van der Waals surface area contributed by atoms with Crippen molar-refractivity contribution in [1.82, 2.24) is 10.2 Å². The van der Waals surface area contributed by atoms with E-state index in [1.807, 2.05) is 26.8 Å². The molecule has 1 N–H and O–H groups in total. The van der Waals surface area contributed by atoms with Crippen LogP contribution in [0.25, 0.3) is 0 Å². The number of benzene rings is 1. The first-order valence-electron chi connectivity index (χ1n) is 8.14. The molecule has 122 valence electrons. The van der Waals surface area contributed by atoms with Crippen molar-refractivity contribution >= 4 is 6.09 Å². The number of carbonyl (C=O) groups is 1. The maximum atomic E-state index is 12.0. The fourth-order valence-corrected chi connectivity index (χ4v) is 2.99. The van der Waals surface area contributed by atoms with Gasteiger partial charge in [-0.2, -0.15) is 0 Å². The third-order valence-electron chi connectivity index (χ3n) is 3.97. The van der Waals surface area contributed by atoms with Gasteiger partial charge in [-0.1, -0.05) is 37.3 Å². The molecule has 0 saturated carbocycles. The molecule has 1 heterocycles. The van der Waals surface area contributed by atoms with Gasteiger partial charge in [-0.25, -0.2) is 4.79 Å². The lowest BCUT2D eigenvalue weighted by atomic mass is 9.88. The van der Waals surface area contributed by atoms with Crippen LogP contribution in [0.2, 0.25) is 0 Å². The summed E-state index contributed by atoms with van der Waals surface area (Å²) in [7, 11) is 0. The van der Waals surface area contributed by atoms with Gasteiger partial charge in [0, 0.05) is 19.1 Å². The summed E-state index contributed by atoms with van der Waals surface area (Å²) in [6.45, 7) is 10.8. The molecule has 1 aliphatic rings. The second-order valence-electron chi connectivity index (χ2n) is 7.04. The number of nitrogens with zero attached hydrogens (tertiary/aromatic N) is 1. The standard InChI is InChI=1S/C18H28N2O2/c1-5-20-12-15(14-9-7-6-8-10-14)11-16(13-20)19-17(21)22-18(2,3)4/h6-10,15-16H,5,11-13H2,1-4H3,(H,19,21). The van der Waals surface area contributed by atoms with Crippen LogP contribution in [-0.2, 0) is 4.74 Å². The summed E-state index contributed by atoms with van der Waals surface area (Å²) in [5.41, 5.74) is 0.888. The van der Waals surface area contributed by atoms with Crippen LogP contribution in [0.4, 0.5) is 4.79 Å². The molecule has 2 unspecified atom stereocenters. The van der Waals surface area contributed by atoms with Gasteiger partial charge < -0.3 is 15.0 Å². The Balaban J connectivity index is 2.00. The van der Waals surface area contributed by atoms with E-state index in [1.165, 1.54) is 5.56 Å². The predicted octanol–water partition coefficient (Wildman–Crippen LogP) is 3.39. The first-order valence-corrected chi connectivity index (χ1v) is 8.14. The zero-order chi connectivity index (χ0) is 16.2. The second kappa shape index (κ2) is 7.14. The summed E-state index contributed by atoms with van der Waals surface area (Å²) < 4.78 is 5.38. The molecule has 1 amide bonds. The monoisotopic (exact) mass is 304 g/mol. The van der Waals surface area contributed by atoms with E-state index in [9.17, 15) is 4.79 Å². The van der Waals surface area contributed by atoms with Crippen molar-refractivity contribution in [3.63, 3.8) is 0 Å². The van der Waals surface area contributed by atoms with Crippen molar-refractivity contribution < 1.29 is 9.53 Å². The Morgan fingerprint density at radius 3 is 2.55 bits per heavy atom. The lowest BCUT2D eigenvalue weighted by Crippen LogP contribution is -2.50. The van der Waals surface area contributed by atoms with E-state index in [0.29, 0.717) is 5.92 Å². The number of ether oxygens (including phenoxy) is 1. The Bertz CT molecular complexity index is 482. The lowest BCUT2D eigenvalue weighted by molar-refractivity contribution is 0.0467. The van der Waals surface area contributed by atoms with E-state index in [4.69, 9.17) is 4.74 Å². The van der Waals surface area contributed by atoms with Crippen LogP contribution in [0.3, 0.4) is 0 Å². The molecule has 0 radical (unpaired) electrons. The molecule has 1 aromatic carbocycles. The number of carbonyl (C=O) groups excluding carboxylic acids is 1. The summed E-state index contributed by atoms with van der Waals surface area (Å²) in [6, 6.07) is 10.7. The van der Waals surface area contributed by atoms with Crippen molar-refractivity contribution in [2.45, 2.75) is 51.7 Å². The van der Waals surface area contributed by atoms with Gasteiger partial charge >= 0.3 is 6.09 Å². The average Bonchev–Trinajstić information content (AvgIpc) is 2.45. The molecular weight excluding hydrogens is 276 g/mol. The number of piperidine rings is 1. The second-order valence-corrected chi connectivity index (χ2v) is 7.04. The number of amides is 1. The lowest BCUT2D eigenvalue weighted by Gasteiger charge is -2.38. The molecule has 1 fully saturated rings. The molecule has 22 heavy (non-hydrogen) atoms. The Hall–Kier alpha value is -1.55. The summed E-state index contributed by atoms with van der Waals surface area (Å²) in [6.07, 6.45) is 0.641. The molecule has 2 rings (SSSR count). The van der Waals surface area contributed by atoms with E-state index in [1.54, 1.807) is 0 Å². The zero-order valence-corrected chi connectivity index (χ0v) is 14.1. The number of likely N-dealkylation sites (tertiary alicyclic amines) is 1. The van der Waals surface area contributed by atoms with Crippen molar-refractivity contribution in [2.24, 2.45) is 0 Å². The largest absolute Gasteiger partial charge is 0.444 e. The third-order valence-corrected chi connectivity index (χ3v) is 3.97. The van der Waals surface area contributed by atoms with E-state index in [-0.39, 0.29) is 12.1 Å². The van der Waals surface area contributed by atoms with Crippen molar-refractivity contribution in [2.75, 3.05) is 19.6 Å². The Morgan fingerprint density at radius 1 is 1.27 bits per heavy atom. The summed E-state index contributed by atoms with van der Waals surface area (Å²) in [5, 5.41) is 3.04. The summed E-state index contributed by atoms with van der Waals surface area (Å²) in [4.78, 5) is 14.4. The van der Waals surface area contributed by atoms with Gasteiger partial charge in [0.05, 0.1) is 0 Å². The molecule has 0 aromatic heterocycles. The molecule has 4 heteroatoms. The number of hydrogen-bond donors (Lipinski definition) is 1. The van der Waals surface area contributed by atoms with Crippen molar-refractivity contribution in [3.05, 3.63) is 35.9 Å². The number of hydrogen-bond acceptors (Lipinski definition) is 3. The van der Waals surface area contributed by atoms with Gasteiger partial charge in [0.15, 0.2) is 0 Å². The quantitative estimate of drug-likeness (QED) is 0.930. The normalized spacial score (nSPS) is 23.1. The number of nitrogens with one attached hydrogen (secondary N) is 1. The van der Waals surface area contributed by atoms with Crippen LogP contribution in [0.5, 0.6) is 0 Å². The highest BCUT2D eigenvalue weighted by molar-refractivity contribution is 5.68. The average molecular weight is 304 g/mol. The van der Waals surface area contributed by atoms with Crippen LogP contribution >= 0.6 is 0 Å². The maximum Gasteiger partial charge on any atom is 0.407 e. The van der Waals surface area contributed by atoms with E-state index in [0.717, 1.165) is 26.1 Å². The predicted molar refractivity (Wildman–Crippen MR) is 89.1 cm³/mol. The van der Waals surface area contributed by atoms with Crippen LogP contribution in [0.15, 0.2) is 30.3 Å². The number of rotatable bonds is 3. The minimum Gasteiger partial charge on any atom is -0.444 e. The number of likely N-dealkylation sites (N-methyl/N-ethyl adjacent to an activating group) is 1. The van der Waals surface area contributed by atoms with Gasteiger partial charge in [0.2, 0.25) is 0 Å². The van der Waals surface area contributed by atoms with Gasteiger partial charge in [-0.3, -0.25) is 0 Å². The Morgan fingerprint density at radius 2 is 1.95 bits per heavy atom. The Labute approximate surface area is 133 Å². The molecule has 0 spiro atoms. The molecule has 1 aliphatic heterocycles. The van der Waals surface area contributed by atoms with Crippen molar-refractivity contribution in [3.8, 4) is 0 Å². The molecule has 2 atom stereocenters. The molecule has 0 bridgehead atoms. The van der Waals surface area contributed by atoms with Crippen LogP contribution < -0.4 is 5.32 Å². The van der Waals surface area contributed by atoms with E-state index in [2.05, 4.69) is 41.4 Å². The first kappa shape index (κ1) is 16.8. The van der Waals surface area contributed by atoms with Gasteiger partial charge in [-0.05, 0) is 45.2 Å². The molecular formula is C18H28N2O2. The third kappa shape index (κ3) is 5.02. The van der Waals surface area contributed by atoms with Crippen LogP contribution in [0, 0.1) is 0 Å². The van der Waals surface area contributed by atoms with Gasteiger partial charge in [-0.15, -0.1) is 0 Å². The highest BCUT2D eigenvalue weighted by Crippen LogP contribution is 2.27. The number of alkyl carbamates (subject to hydrolysis) is 1. The van der Waals surface area contributed by atoms with Crippen LogP contribution in [0.1, 0.15) is 45.6 Å². The SMILES string of the molecule is CCN1CC(NC(=O)OC(C)(C)C)CC(c2ccccc2)C1. The zero-order valence-electron chi connectivity index (χ0n) is 14.1. The minimum absolute atomic E-state index is 0.133. The van der Waals surface area contributed by atoms with E-state index < -0.39 is 5.60 Å². The molecule has 1 saturated heterocycles.